The van der Waals surface area contributed by atoms with E-state index in [2.05, 4.69) is 0 Å². The third kappa shape index (κ3) is 4.92. The molecule has 12 heavy (non-hydrogen) atoms. The van der Waals surface area contributed by atoms with Crippen LogP contribution in [0.4, 0.5) is 4.79 Å². The molecule has 0 unspecified atom stereocenters. The van der Waals surface area contributed by atoms with Crippen LogP contribution in [0, 0.1) is 0 Å². The molecule has 0 bridgehead atoms. The topological polar surface area (TPSA) is 92.6 Å². The van der Waals surface area contributed by atoms with Gasteiger partial charge in [-0.3, -0.25) is 0 Å². The summed E-state index contributed by atoms with van der Waals surface area (Å²) in [5.41, 5.74) is 10.5. The second-order valence-corrected chi connectivity index (χ2v) is 2.55. The second kappa shape index (κ2) is 6.87. The van der Waals surface area contributed by atoms with Gasteiger partial charge >= 0.3 is 6.09 Å². The van der Waals surface area contributed by atoms with Gasteiger partial charge in [0.05, 0.1) is 0 Å². The van der Waals surface area contributed by atoms with E-state index >= 15 is 0 Å². The Morgan fingerprint density at radius 2 is 1.58 bits per heavy atom. The van der Waals surface area contributed by atoms with E-state index in [0.29, 0.717) is 39.0 Å². The third-order valence-corrected chi connectivity index (χ3v) is 1.53. The maximum Gasteiger partial charge on any atom is 0.407 e. The Bertz CT molecular complexity index is 122. The molecule has 5 N–H and O–H groups in total. The Hall–Kier alpha value is -0.810. The molecule has 1 amide bonds. The fraction of sp³-hybridized carbons (Fsp3) is 0.857. The quantitative estimate of drug-likeness (QED) is 0.515. The lowest BCUT2D eigenvalue weighted by molar-refractivity contribution is 0.144. The van der Waals surface area contributed by atoms with E-state index in [1.54, 1.807) is 0 Å². The number of hydrogen-bond donors (Lipinski definition) is 3. The van der Waals surface area contributed by atoms with Crippen molar-refractivity contribution in [2.75, 3.05) is 26.2 Å². The number of amides is 1. The summed E-state index contributed by atoms with van der Waals surface area (Å²) in [6, 6.07) is 0. The van der Waals surface area contributed by atoms with Crippen LogP contribution >= 0.6 is 0 Å². The maximum atomic E-state index is 10.6. The molecular formula is C7H17N3O2. The molecule has 72 valence electrons. The van der Waals surface area contributed by atoms with E-state index < -0.39 is 6.09 Å². The smallest absolute Gasteiger partial charge is 0.407 e. The summed E-state index contributed by atoms with van der Waals surface area (Å²) in [5.74, 6) is 0. The van der Waals surface area contributed by atoms with Crippen LogP contribution in [0.25, 0.3) is 0 Å². The van der Waals surface area contributed by atoms with Crippen molar-refractivity contribution in [2.24, 2.45) is 11.5 Å². The standard InChI is InChI=1S/C7H17N3O2/c8-3-1-5-10(7(11)12)6-2-4-9/h1-6,8-9H2,(H,11,12). The highest BCUT2D eigenvalue weighted by Gasteiger charge is 2.08. The molecule has 0 saturated heterocycles. The fourth-order valence-corrected chi connectivity index (χ4v) is 0.867. The number of rotatable bonds is 6. The van der Waals surface area contributed by atoms with Crippen molar-refractivity contribution in [3.8, 4) is 0 Å². The molecule has 0 fully saturated rings. The lowest BCUT2D eigenvalue weighted by atomic mass is 10.3. The summed E-state index contributed by atoms with van der Waals surface area (Å²) in [4.78, 5) is 11.9. The molecular weight excluding hydrogens is 158 g/mol. The molecule has 0 saturated carbocycles. The van der Waals surface area contributed by atoms with Crippen molar-refractivity contribution < 1.29 is 9.90 Å². The lowest BCUT2D eigenvalue weighted by Gasteiger charge is -2.17. The first-order valence-electron chi connectivity index (χ1n) is 4.10. The van der Waals surface area contributed by atoms with Gasteiger partial charge in [0.2, 0.25) is 0 Å². The Morgan fingerprint density at radius 3 is 1.83 bits per heavy atom. The summed E-state index contributed by atoms with van der Waals surface area (Å²) in [7, 11) is 0. The van der Waals surface area contributed by atoms with Crippen molar-refractivity contribution in [3.63, 3.8) is 0 Å². The van der Waals surface area contributed by atoms with E-state index in [1.807, 2.05) is 0 Å². The van der Waals surface area contributed by atoms with Crippen LogP contribution in [0.1, 0.15) is 12.8 Å². The highest BCUT2D eigenvalue weighted by atomic mass is 16.4. The summed E-state index contributed by atoms with van der Waals surface area (Å²) >= 11 is 0. The SMILES string of the molecule is NCCCN(CCCN)C(=O)O. The van der Waals surface area contributed by atoms with Gasteiger partial charge in [0, 0.05) is 13.1 Å². The summed E-state index contributed by atoms with van der Waals surface area (Å²) in [5, 5.41) is 8.67. The molecule has 0 aliphatic carbocycles. The largest absolute Gasteiger partial charge is 0.465 e. The van der Waals surface area contributed by atoms with Crippen molar-refractivity contribution in [1.29, 1.82) is 0 Å². The van der Waals surface area contributed by atoms with Gasteiger partial charge in [0.15, 0.2) is 0 Å². The first kappa shape index (κ1) is 11.2. The van der Waals surface area contributed by atoms with Crippen LogP contribution in [0.5, 0.6) is 0 Å². The highest BCUT2D eigenvalue weighted by molar-refractivity contribution is 5.64. The zero-order valence-corrected chi connectivity index (χ0v) is 7.20. The predicted molar refractivity (Wildman–Crippen MR) is 46.9 cm³/mol. The van der Waals surface area contributed by atoms with E-state index in [4.69, 9.17) is 16.6 Å². The first-order chi connectivity index (χ1) is 5.72. The molecule has 0 aromatic rings. The van der Waals surface area contributed by atoms with Crippen LogP contribution in [0.3, 0.4) is 0 Å². The van der Waals surface area contributed by atoms with Crippen LogP contribution in [0.2, 0.25) is 0 Å². The highest BCUT2D eigenvalue weighted by Crippen LogP contribution is 1.93. The Morgan fingerprint density at radius 1 is 1.17 bits per heavy atom. The molecule has 0 heterocycles. The van der Waals surface area contributed by atoms with E-state index in [0.717, 1.165) is 0 Å². The van der Waals surface area contributed by atoms with Crippen LogP contribution in [-0.4, -0.2) is 42.3 Å². The maximum absolute atomic E-state index is 10.6. The number of carbonyl (C=O) groups is 1. The van der Waals surface area contributed by atoms with Gasteiger partial charge in [-0.05, 0) is 25.9 Å². The molecule has 0 aliphatic rings. The molecule has 0 aliphatic heterocycles. The van der Waals surface area contributed by atoms with Gasteiger partial charge in [0.1, 0.15) is 0 Å². The monoisotopic (exact) mass is 175 g/mol. The van der Waals surface area contributed by atoms with Gasteiger partial charge in [0.25, 0.3) is 0 Å². The predicted octanol–water partition coefficient (Wildman–Crippen LogP) is -0.336. The average molecular weight is 175 g/mol. The summed E-state index contributed by atoms with van der Waals surface area (Å²) in [6.07, 6.45) is 0.519. The molecule has 0 aromatic carbocycles. The summed E-state index contributed by atoms with van der Waals surface area (Å²) in [6.45, 7) is 2.05. The van der Waals surface area contributed by atoms with E-state index in [1.165, 1.54) is 4.90 Å². The Balaban J connectivity index is 3.62. The van der Waals surface area contributed by atoms with Crippen LogP contribution in [0.15, 0.2) is 0 Å². The average Bonchev–Trinajstić information content (AvgIpc) is 2.04. The molecule has 0 rings (SSSR count). The van der Waals surface area contributed by atoms with E-state index in [9.17, 15) is 4.79 Å². The van der Waals surface area contributed by atoms with Gasteiger partial charge in [-0.2, -0.15) is 0 Å². The number of carboxylic acid groups (broad SMARTS) is 1. The zero-order chi connectivity index (χ0) is 9.40. The number of hydrogen-bond acceptors (Lipinski definition) is 3. The minimum absolute atomic E-state index is 0.506. The third-order valence-electron chi connectivity index (χ3n) is 1.53. The van der Waals surface area contributed by atoms with Crippen molar-refractivity contribution >= 4 is 6.09 Å². The summed E-state index contributed by atoms with van der Waals surface area (Å²) < 4.78 is 0. The van der Waals surface area contributed by atoms with Crippen LogP contribution < -0.4 is 11.5 Å². The Labute approximate surface area is 72.3 Å². The molecule has 0 radical (unpaired) electrons. The number of nitrogens with zero attached hydrogens (tertiary/aromatic N) is 1. The van der Waals surface area contributed by atoms with Crippen molar-refractivity contribution in [2.45, 2.75) is 12.8 Å². The van der Waals surface area contributed by atoms with Crippen LogP contribution in [-0.2, 0) is 0 Å². The molecule has 5 nitrogen and oxygen atoms in total. The van der Waals surface area contributed by atoms with Gasteiger partial charge in [-0.1, -0.05) is 0 Å². The Kier molecular flexibility index (Phi) is 6.41. The second-order valence-electron chi connectivity index (χ2n) is 2.55. The molecule has 5 heteroatoms. The van der Waals surface area contributed by atoms with Gasteiger partial charge in [-0.25, -0.2) is 4.79 Å². The minimum atomic E-state index is -0.892. The van der Waals surface area contributed by atoms with Crippen molar-refractivity contribution in [3.05, 3.63) is 0 Å². The minimum Gasteiger partial charge on any atom is -0.465 e. The fourth-order valence-electron chi connectivity index (χ4n) is 0.867. The first-order valence-corrected chi connectivity index (χ1v) is 4.10. The van der Waals surface area contributed by atoms with E-state index in [-0.39, 0.29) is 0 Å². The molecule has 0 atom stereocenters. The van der Waals surface area contributed by atoms with Crippen molar-refractivity contribution in [1.82, 2.24) is 4.90 Å². The zero-order valence-electron chi connectivity index (χ0n) is 7.20. The van der Waals surface area contributed by atoms with Gasteiger partial charge < -0.3 is 21.5 Å². The molecule has 0 spiro atoms. The normalized spacial score (nSPS) is 9.83. The number of nitrogens with two attached hydrogens (primary N) is 2. The molecule has 0 aromatic heterocycles. The lowest BCUT2D eigenvalue weighted by Crippen LogP contribution is -2.33. The van der Waals surface area contributed by atoms with Gasteiger partial charge in [-0.15, -0.1) is 0 Å².